The van der Waals surface area contributed by atoms with Gasteiger partial charge in [0, 0.05) is 29.5 Å². The smallest absolute Gasteiger partial charge is 0.350 e. The Morgan fingerprint density at radius 2 is 1.90 bits per heavy atom. The molecule has 0 radical (unpaired) electrons. The SMILES string of the molecule is N#CC1(c2cccc(Sc3ccc(-n4ncn(CC5CC5)c4=O)cc3)c2)CCOCC1. The first kappa shape index (κ1) is 20.1. The molecule has 1 aliphatic heterocycles. The predicted octanol–water partition coefficient (Wildman–Crippen LogP) is 4.17. The van der Waals surface area contributed by atoms with E-state index < -0.39 is 5.41 Å². The number of aromatic nitrogens is 3. The standard InChI is InChI=1S/C24H24N4O2S/c25-16-24(10-12-30-13-11-24)19-2-1-3-22(14-19)31-21-8-6-20(7-9-21)28-23(29)27(17-26-28)15-18-4-5-18/h1-3,6-9,14,17-18H,4-5,10-13,15H2. The first-order valence-corrected chi connectivity index (χ1v) is 11.5. The molecule has 0 atom stereocenters. The molecule has 1 saturated carbocycles. The molecule has 3 aromatic rings. The summed E-state index contributed by atoms with van der Waals surface area (Å²) >= 11 is 1.65. The van der Waals surface area contributed by atoms with Crippen LogP contribution in [-0.2, 0) is 16.7 Å². The van der Waals surface area contributed by atoms with Crippen LogP contribution in [0.25, 0.3) is 5.69 Å². The van der Waals surface area contributed by atoms with Crippen molar-refractivity contribution in [2.75, 3.05) is 13.2 Å². The zero-order valence-electron chi connectivity index (χ0n) is 17.2. The fourth-order valence-electron chi connectivity index (χ4n) is 4.05. The van der Waals surface area contributed by atoms with Gasteiger partial charge in [0.2, 0.25) is 0 Å². The molecule has 0 N–H and O–H groups in total. The van der Waals surface area contributed by atoms with E-state index in [0.29, 0.717) is 19.1 Å². The van der Waals surface area contributed by atoms with Gasteiger partial charge in [0.15, 0.2) is 0 Å². The summed E-state index contributed by atoms with van der Waals surface area (Å²) in [6.45, 7) is 2.02. The lowest BCUT2D eigenvalue weighted by Gasteiger charge is -2.31. The van der Waals surface area contributed by atoms with Gasteiger partial charge in [-0.3, -0.25) is 4.57 Å². The van der Waals surface area contributed by atoms with Crippen LogP contribution in [-0.4, -0.2) is 27.6 Å². The topological polar surface area (TPSA) is 72.8 Å². The van der Waals surface area contributed by atoms with Gasteiger partial charge in [0.05, 0.1) is 17.2 Å². The maximum atomic E-state index is 12.6. The fraction of sp³-hybridized carbons (Fsp3) is 0.375. The molecule has 0 amide bonds. The normalized spacial score (nSPS) is 17.9. The molecule has 6 nitrogen and oxygen atoms in total. The van der Waals surface area contributed by atoms with Crippen LogP contribution >= 0.6 is 11.8 Å². The summed E-state index contributed by atoms with van der Waals surface area (Å²) in [7, 11) is 0. The minimum absolute atomic E-state index is 0.0849. The molecule has 1 saturated heterocycles. The molecule has 31 heavy (non-hydrogen) atoms. The lowest BCUT2D eigenvalue weighted by atomic mass is 9.75. The molecule has 0 unspecified atom stereocenters. The maximum absolute atomic E-state index is 12.6. The molecule has 1 aromatic heterocycles. The van der Waals surface area contributed by atoms with Gasteiger partial charge < -0.3 is 4.74 Å². The van der Waals surface area contributed by atoms with Crippen LogP contribution in [0.1, 0.15) is 31.2 Å². The third-order valence-electron chi connectivity index (χ3n) is 6.15. The number of hydrogen-bond acceptors (Lipinski definition) is 5. The average Bonchev–Trinajstić information content (AvgIpc) is 3.57. The summed E-state index contributed by atoms with van der Waals surface area (Å²) in [5.74, 6) is 0.631. The predicted molar refractivity (Wildman–Crippen MR) is 118 cm³/mol. The quantitative estimate of drug-likeness (QED) is 0.585. The van der Waals surface area contributed by atoms with Crippen LogP contribution in [0.15, 0.2) is 69.4 Å². The monoisotopic (exact) mass is 432 g/mol. The van der Waals surface area contributed by atoms with E-state index in [9.17, 15) is 10.1 Å². The maximum Gasteiger partial charge on any atom is 0.350 e. The second kappa shape index (κ2) is 8.37. The Bertz CT molecular complexity index is 1170. The lowest BCUT2D eigenvalue weighted by molar-refractivity contribution is 0.0675. The molecule has 7 heteroatoms. The van der Waals surface area contributed by atoms with Crippen molar-refractivity contribution in [1.82, 2.24) is 14.3 Å². The zero-order chi connectivity index (χ0) is 21.3. The van der Waals surface area contributed by atoms with E-state index in [2.05, 4.69) is 23.3 Å². The molecular weight excluding hydrogens is 408 g/mol. The first-order valence-electron chi connectivity index (χ1n) is 10.7. The molecule has 2 heterocycles. The van der Waals surface area contributed by atoms with Gasteiger partial charge in [0.25, 0.3) is 0 Å². The molecular formula is C24H24N4O2S. The van der Waals surface area contributed by atoms with Crippen LogP contribution in [0.2, 0.25) is 0 Å². The summed E-state index contributed by atoms with van der Waals surface area (Å²) in [6.07, 6.45) is 5.50. The van der Waals surface area contributed by atoms with Gasteiger partial charge in [-0.05, 0) is 73.6 Å². The van der Waals surface area contributed by atoms with Crippen LogP contribution < -0.4 is 5.69 Å². The van der Waals surface area contributed by atoms with E-state index in [4.69, 9.17) is 4.74 Å². The van der Waals surface area contributed by atoms with Crippen LogP contribution in [0.3, 0.4) is 0 Å². The van der Waals surface area contributed by atoms with Gasteiger partial charge in [-0.15, -0.1) is 0 Å². The van der Waals surface area contributed by atoms with Crippen molar-refractivity contribution >= 4 is 11.8 Å². The van der Waals surface area contributed by atoms with E-state index in [1.807, 2.05) is 36.4 Å². The third-order valence-corrected chi connectivity index (χ3v) is 7.15. The highest BCUT2D eigenvalue weighted by Gasteiger charge is 2.34. The molecule has 2 aromatic carbocycles. The summed E-state index contributed by atoms with van der Waals surface area (Å²) < 4.78 is 8.63. The second-order valence-corrected chi connectivity index (χ2v) is 9.50. The lowest BCUT2D eigenvalue weighted by Crippen LogP contribution is -2.32. The van der Waals surface area contributed by atoms with E-state index >= 15 is 0 Å². The van der Waals surface area contributed by atoms with Crippen LogP contribution in [0, 0.1) is 17.2 Å². The van der Waals surface area contributed by atoms with Crippen molar-refractivity contribution in [2.24, 2.45) is 5.92 Å². The minimum Gasteiger partial charge on any atom is -0.381 e. The first-order chi connectivity index (χ1) is 15.2. The van der Waals surface area contributed by atoms with Gasteiger partial charge in [-0.25, -0.2) is 4.79 Å². The van der Waals surface area contributed by atoms with E-state index in [1.165, 1.54) is 17.5 Å². The number of nitrogens with zero attached hydrogens (tertiary/aromatic N) is 4. The molecule has 2 fully saturated rings. The number of ether oxygens (including phenoxy) is 1. The Morgan fingerprint density at radius 1 is 1.13 bits per heavy atom. The highest BCUT2D eigenvalue weighted by Crippen LogP contribution is 2.37. The van der Waals surface area contributed by atoms with Crippen molar-refractivity contribution in [3.8, 4) is 11.8 Å². The fourth-order valence-corrected chi connectivity index (χ4v) is 4.93. The molecule has 0 bridgehead atoms. The van der Waals surface area contributed by atoms with Crippen molar-refractivity contribution in [2.45, 2.75) is 47.4 Å². The number of nitriles is 1. The molecule has 158 valence electrons. The second-order valence-electron chi connectivity index (χ2n) is 8.35. The van der Waals surface area contributed by atoms with Crippen LogP contribution in [0.5, 0.6) is 0 Å². The van der Waals surface area contributed by atoms with Gasteiger partial charge in [-0.1, -0.05) is 23.9 Å². The van der Waals surface area contributed by atoms with Crippen molar-refractivity contribution < 1.29 is 4.74 Å². The summed E-state index contributed by atoms with van der Waals surface area (Å²) in [5.41, 5.74) is 1.29. The Morgan fingerprint density at radius 3 is 2.61 bits per heavy atom. The van der Waals surface area contributed by atoms with Crippen molar-refractivity contribution in [3.05, 3.63) is 70.9 Å². The molecule has 0 spiro atoms. The van der Waals surface area contributed by atoms with E-state index in [-0.39, 0.29) is 5.69 Å². The average molecular weight is 433 g/mol. The summed E-state index contributed by atoms with van der Waals surface area (Å²) in [5, 5.41) is 14.1. The van der Waals surface area contributed by atoms with Gasteiger partial charge >= 0.3 is 5.69 Å². The largest absolute Gasteiger partial charge is 0.381 e. The van der Waals surface area contributed by atoms with E-state index in [0.717, 1.165) is 40.4 Å². The Balaban J connectivity index is 1.33. The number of benzene rings is 2. The molecule has 5 rings (SSSR count). The van der Waals surface area contributed by atoms with Crippen LogP contribution in [0.4, 0.5) is 0 Å². The zero-order valence-corrected chi connectivity index (χ0v) is 18.1. The Kier molecular flexibility index (Phi) is 5.43. The van der Waals surface area contributed by atoms with E-state index in [1.54, 1.807) is 22.7 Å². The Labute approximate surface area is 185 Å². The number of hydrogen-bond donors (Lipinski definition) is 0. The highest BCUT2D eigenvalue weighted by atomic mass is 32.2. The molecule has 1 aliphatic carbocycles. The van der Waals surface area contributed by atoms with Gasteiger partial charge in [0.1, 0.15) is 6.33 Å². The third kappa shape index (κ3) is 4.18. The highest BCUT2D eigenvalue weighted by molar-refractivity contribution is 7.99. The summed E-state index contributed by atoms with van der Waals surface area (Å²) in [4.78, 5) is 14.7. The van der Waals surface area contributed by atoms with Crippen molar-refractivity contribution in [1.29, 1.82) is 5.26 Å². The van der Waals surface area contributed by atoms with Gasteiger partial charge in [-0.2, -0.15) is 15.0 Å². The molecule has 2 aliphatic rings. The summed E-state index contributed by atoms with van der Waals surface area (Å²) in [6, 6.07) is 18.7. The number of rotatable bonds is 6. The minimum atomic E-state index is -0.459. The Hall–Kier alpha value is -2.82. The van der Waals surface area contributed by atoms with Crippen molar-refractivity contribution in [3.63, 3.8) is 0 Å².